The quantitative estimate of drug-likeness (QED) is 0.148. The van der Waals surface area contributed by atoms with Crippen molar-refractivity contribution in [2.75, 3.05) is 11.1 Å². The van der Waals surface area contributed by atoms with Crippen molar-refractivity contribution in [1.82, 2.24) is 19.7 Å². The highest BCUT2D eigenvalue weighted by molar-refractivity contribution is 7.89. The van der Waals surface area contributed by atoms with Crippen molar-refractivity contribution in [2.45, 2.75) is 26.4 Å². The maximum atomic E-state index is 15.4. The number of carbonyl (C=O) groups is 1. The standard InChI is InChI=1S/C25H25F2N7O4S/c1-3-9-39(36,37)34-18-8-7-17(26)20(21(18)27)22(35)16-11-30-24-19(16)25(32-12-31-24)33-15-6-4-5-14(10-15)23(29)38-13(2)28/h4-8,10-12,20-21,28-29,34H,3,9H2,1-2H3,(H2,30,31,32,33). The molecule has 1 aliphatic rings. The smallest absolute Gasteiger partial charge is 0.232 e. The van der Waals surface area contributed by atoms with Crippen LogP contribution in [0.15, 0.2) is 60.5 Å². The lowest BCUT2D eigenvalue weighted by molar-refractivity contribution is 0.0870. The largest absolute Gasteiger partial charge is 0.426 e. The van der Waals surface area contributed by atoms with Crippen LogP contribution in [0.4, 0.5) is 20.3 Å². The maximum absolute atomic E-state index is 15.4. The van der Waals surface area contributed by atoms with Crippen molar-refractivity contribution < 1.29 is 26.7 Å². The molecule has 1 aliphatic carbocycles. The number of nitrogens with zero attached hydrogens (tertiary/aromatic N) is 2. The number of aromatic nitrogens is 3. The molecule has 3 aromatic rings. The van der Waals surface area contributed by atoms with Crippen molar-refractivity contribution in [3.63, 3.8) is 0 Å². The first-order valence-electron chi connectivity index (χ1n) is 11.8. The molecule has 0 aliphatic heterocycles. The van der Waals surface area contributed by atoms with Gasteiger partial charge in [0.25, 0.3) is 0 Å². The maximum Gasteiger partial charge on any atom is 0.232 e. The predicted molar refractivity (Wildman–Crippen MR) is 142 cm³/mol. The van der Waals surface area contributed by atoms with Gasteiger partial charge in [0.2, 0.25) is 15.9 Å². The van der Waals surface area contributed by atoms with E-state index in [2.05, 4.69) is 25.0 Å². The van der Waals surface area contributed by atoms with E-state index in [1.165, 1.54) is 19.4 Å². The van der Waals surface area contributed by atoms with Crippen LogP contribution < -0.4 is 10.0 Å². The van der Waals surface area contributed by atoms with Crippen LogP contribution in [0, 0.1) is 16.7 Å². The topological polar surface area (TPSA) is 174 Å². The Kier molecular flexibility index (Phi) is 7.85. The third-order valence-corrected chi connectivity index (χ3v) is 7.21. The fourth-order valence-electron chi connectivity index (χ4n) is 4.04. The Bertz CT molecular complexity index is 1630. The molecule has 1 aromatic carbocycles. The van der Waals surface area contributed by atoms with Crippen LogP contribution in [0.2, 0.25) is 0 Å². The van der Waals surface area contributed by atoms with Gasteiger partial charge in [0.1, 0.15) is 29.5 Å². The van der Waals surface area contributed by atoms with Gasteiger partial charge in [-0.25, -0.2) is 27.2 Å². The molecule has 2 heterocycles. The minimum absolute atomic E-state index is 0.103. The van der Waals surface area contributed by atoms with E-state index < -0.39 is 39.4 Å². The van der Waals surface area contributed by atoms with E-state index in [0.717, 1.165) is 12.2 Å². The monoisotopic (exact) mass is 557 g/mol. The molecule has 11 nitrogen and oxygen atoms in total. The van der Waals surface area contributed by atoms with Crippen LogP contribution in [-0.2, 0) is 14.8 Å². The highest BCUT2D eigenvalue weighted by Gasteiger charge is 2.40. The molecule has 5 N–H and O–H groups in total. The minimum atomic E-state index is -3.87. The van der Waals surface area contributed by atoms with Gasteiger partial charge < -0.3 is 15.0 Å². The number of carbonyl (C=O) groups excluding carboxylic acids is 1. The first-order chi connectivity index (χ1) is 18.5. The number of Topliss-reactive ketones (excluding diaryl/α,β-unsaturated/α-hetero) is 1. The minimum Gasteiger partial charge on any atom is -0.426 e. The molecule has 0 fully saturated rings. The number of hydrogen-bond acceptors (Lipinski definition) is 9. The number of fused-ring (bicyclic) bond motifs is 1. The molecule has 0 amide bonds. The Balaban J connectivity index is 1.66. The van der Waals surface area contributed by atoms with E-state index in [9.17, 15) is 17.6 Å². The number of H-pyrrole nitrogens is 1. The molecule has 0 bridgehead atoms. The first kappa shape index (κ1) is 27.6. The summed E-state index contributed by atoms with van der Waals surface area (Å²) >= 11 is 0. The Morgan fingerprint density at radius 1 is 1.23 bits per heavy atom. The third kappa shape index (κ3) is 6.00. The average molecular weight is 558 g/mol. The molecular weight excluding hydrogens is 532 g/mol. The molecule has 0 spiro atoms. The van der Waals surface area contributed by atoms with Crippen molar-refractivity contribution in [3.05, 3.63) is 71.6 Å². The van der Waals surface area contributed by atoms with Crippen LogP contribution >= 0.6 is 0 Å². The number of halogens is 2. The lowest BCUT2D eigenvalue weighted by Gasteiger charge is -2.24. The van der Waals surface area contributed by atoms with Gasteiger partial charge in [-0.15, -0.1) is 0 Å². The number of anilines is 2. The van der Waals surface area contributed by atoms with E-state index in [4.69, 9.17) is 15.6 Å². The first-order valence-corrected chi connectivity index (χ1v) is 13.4. The zero-order valence-electron chi connectivity index (χ0n) is 20.9. The van der Waals surface area contributed by atoms with Gasteiger partial charge in [0, 0.05) is 29.9 Å². The molecule has 4 rings (SSSR count). The summed E-state index contributed by atoms with van der Waals surface area (Å²) < 4.78 is 61.7. The molecular formula is C25H25F2N7O4S. The summed E-state index contributed by atoms with van der Waals surface area (Å²) in [6.45, 7) is 3.03. The van der Waals surface area contributed by atoms with E-state index in [1.54, 1.807) is 31.2 Å². The number of ether oxygens (including phenoxy) is 1. The summed E-state index contributed by atoms with van der Waals surface area (Å²) in [5.74, 6) is -4.43. The fraction of sp³-hybridized carbons (Fsp3) is 0.240. The summed E-state index contributed by atoms with van der Waals surface area (Å²) in [6.07, 6.45) is 2.34. The van der Waals surface area contributed by atoms with Gasteiger partial charge in [-0.1, -0.05) is 13.0 Å². The predicted octanol–water partition coefficient (Wildman–Crippen LogP) is 4.26. The SMILES string of the molecule is CCCS(=O)(=O)NC1=CC=C(F)C(C(=O)c2c[nH]c3ncnc(Nc4cccc(C(=N)OC(C)=N)c4)c23)C1F. The summed E-state index contributed by atoms with van der Waals surface area (Å²) in [4.78, 5) is 24.6. The highest BCUT2D eigenvalue weighted by Crippen LogP contribution is 2.35. The number of nitrogens with one attached hydrogen (secondary N) is 5. The summed E-state index contributed by atoms with van der Waals surface area (Å²) in [5, 5.41) is 18.6. The number of alkyl halides is 1. The average Bonchev–Trinajstić information content (AvgIpc) is 3.31. The Hall–Kier alpha value is -4.46. The van der Waals surface area contributed by atoms with Crippen molar-refractivity contribution >= 4 is 50.1 Å². The Morgan fingerprint density at radius 3 is 2.72 bits per heavy atom. The van der Waals surface area contributed by atoms with Crippen LogP contribution in [0.1, 0.15) is 36.2 Å². The van der Waals surface area contributed by atoms with E-state index >= 15 is 4.39 Å². The Morgan fingerprint density at radius 2 is 2.00 bits per heavy atom. The highest BCUT2D eigenvalue weighted by atomic mass is 32.2. The number of allylic oxidation sites excluding steroid dienone is 4. The molecule has 204 valence electrons. The second kappa shape index (κ2) is 11.1. The summed E-state index contributed by atoms with van der Waals surface area (Å²) in [5.41, 5.74) is 0.498. The number of ketones is 1. The molecule has 0 radical (unpaired) electrons. The van der Waals surface area contributed by atoms with Gasteiger partial charge in [0.05, 0.1) is 16.8 Å². The lowest BCUT2D eigenvalue weighted by atomic mass is 9.87. The van der Waals surface area contributed by atoms with Gasteiger partial charge in [-0.3, -0.25) is 20.3 Å². The molecule has 2 atom stereocenters. The van der Waals surface area contributed by atoms with Crippen molar-refractivity contribution in [3.8, 4) is 0 Å². The molecule has 2 unspecified atom stereocenters. The fourth-order valence-corrected chi connectivity index (χ4v) is 5.22. The van der Waals surface area contributed by atoms with Crippen LogP contribution in [0.3, 0.4) is 0 Å². The zero-order valence-corrected chi connectivity index (χ0v) is 21.7. The van der Waals surface area contributed by atoms with E-state index in [-0.39, 0.29) is 46.4 Å². The molecule has 2 aromatic heterocycles. The third-order valence-electron chi connectivity index (χ3n) is 5.72. The number of benzene rings is 1. The summed E-state index contributed by atoms with van der Waals surface area (Å²) in [6, 6.07) is 6.47. The van der Waals surface area contributed by atoms with E-state index in [1.807, 2.05) is 0 Å². The van der Waals surface area contributed by atoms with Gasteiger partial charge in [0.15, 0.2) is 17.9 Å². The van der Waals surface area contributed by atoms with Crippen LogP contribution in [0.25, 0.3) is 11.0 Å². The Labute approximate surface area is 222 Å². The second-order valence-electron chi connectivity index (χ2n) is 8.68. The van der Waals surface area contributed by atoms with Gasteiger partial charge >= 0.3 is 0 Å². The lowest BCUT2D eigenvalue weighted by Crippen LogP contribution is -2.37. The normalized spacial score (nSPS) is 17.2. The van der Waals surface area contributed by atoms with Crippen LogP contribution in [0.5, 0.6) is 0 Å². The van der Waals surface area contributed by atoms with E-state index in [0.29, 0.717) is 11.3 Å². The number of sulfonamides is 1. The number of hydrogen-bond donors (Lipinski definition) is 5. The van der Waals surface area contributed by atoms with Gasteiger partial charge in [-0.2, -0.15) is 0 Å². The summed E-state index contributed by atoms with van der Waals surface area (Å²) in [7, 11) is -3.87. The molecule has 0 saturated heterocycles. The van der Waals surface area contributed by atoms with Crippen molar-refractivity contribution in [2.24, 2.45) is 5.92 Å². The molecule has 39 heavy (non-hydrogen) atoms. The van der Waals surface area contributed by atoms with Crippen LogP contribution in [-0.4, -0.2) is 52.9 Å². The second-order valence-corrected chi connectivity index (χ2v) is 10.5. The molecule has 14 heteroatoms. The molecule has 0 saturated carbocycles. The number of rotatable bonds is 9. The number of aromatic amines is 1. The zero-order chi connectivity index (χ0) is 28.3. The van der Waals surface area contributed by atoms with Gasteiger partial charge in [-0.05, 0) is 36.8 Å². The van der Waals surface area contributed by atoms with Crippen molar-refractivity contribution in [1.29, 1.82) is 10.8 Å².